The van der Waals surface area contributed by atoms with E-state index >= 15 is 0 Å². The second-order valence-corrected chi connectivity index (χ2v) is 5.30. The summed E-state index contributed by atoms with van der Waals surface area (Å²) < 4.78 is 0. The van der Waals surface area contributed by atoms with E-state index in [1.54, 1.807) is 6.92 Å². The smallest absolute Gasteiger partial charge is 0.141 e. The van der Waals surface area contributed by atoms with Crippen molar-refractivity contribution in [2.75, 3.05) is 0 Å². The van der Waals surface area contributed by atoms with Gasteiger partial charge in [0.1, 0.15) is 5.84 Å². The van der Waals surface area contributed by atoms with E-state index in [4.69, 9.17) is 10.9 Å². The third-order valence-electron chi connectivity index (χ3n) is 3.33. The molecular formula is C14H23N3O2. The Labute approximate surface area is 114 Å². The number of benzene rings is 1. The van der Waals surface area contributed by atoms with Crippen LogP contribution in [0.2, 0.25) is 0 Å². The molecule has 106 valence electrons. The molecule has 2 atom stereocenters. The third-order valence-corrected chi connectivity index (χ3v) is 3.33. The predicted molar refractivity (Wildman–Crippen MR) is 76.1 cm³/mol. The van der Waals surface area contributed by atoms with Gasteiger partial charge in [0.05, 0.1) is 6.10 Å². The molecule has 0 amide bonds. The fourth-order valence-electron chi connectivity index (χ4n) is 1.76. The number of oxime groups is 1. The van der Waals surface area contributed by atoms with Gasteiger partial charge in [0.2, 0.25) is 0 Å². The molecular weight excluding hydrogens is 242 g/mol. The molecule has 5 N–H and O–H groups in total. The molecule has 19 heavy (non-hydrogen) atoms. The quantitative estimate of drug-likeness (QED) is 0.272. The maximum absolute atomic E-state index is 9.79. The first-order valence-electron chi connectivity index (χ1n) is 6.34. The summed E-state index contributed by atoms with van der Waals surface area (Å²) in [4.78, 5) is 0. The molecule has 0 saturated heterocycles. The van der Waals surface area contributed by atoms with Gasteiger partial charge in [-0.1, -0.05) is 35.5 Å². The van der Waals surface area contributed by atoms with E-state index in [0.29, 0.717) is 6.42 Å². The van der Waals surface area contributed by atoms with Gasteiger partial charge in [-0.2, -0.15) is 0 Å². The number of nitrogens with one attached hydrogen (secondary N) is 1. The molecule has 0 radical (unpaired) electrons. The van der Waals surface area contributed by atoms with Crippen molar-refractivity contribution in [1.82, 2.24) is 5.32 Å². The van der Waals surface area contributed by atoms with Crippen molar-refractivity contribution in [3.63, 3.8) is 0 Å². The maximum Gasteiger partial charge on any atom is 0.141 e. The van der Waals surface area contributed by atoms with Crippen LogP contribution in [0.3, 0.4) is 0 Å². The summed E-state index contributed by atoms with van der Waals surface area (Å²) in [6, 6.07) is 9.63. The van der Waals surface area contributed by atoms with E-state index in [2.05, 4.69) is 10.5 Å². The fraction of sp³-hybridized carbons (Fsp3) is 0.500. The number of nitrogens with zero attached hydrogens (tertiary/aromatic N) is 1. The summed E-state index contributed by atoms with van der Waals surface area (Å²) in [5, 5.41) is 24.9. The minimum Gasteiger partial charge on any atom is -0.409 e. The Hall–Kier alpha value is -1.59. The van der Waals surface area contributed by atoms with Crippen molar-refractivity contribution in [3.05, 3.63) is 35.9 Å². The molecule has 2 unspecified atom stereocenters. The van der Waals surface area contributed by atoms with Crippen molar-refractivity contribution in [2.24, 2.45) is 10.9 Å². The van der Waals surface area contributed by atoms with Crippen LogP contribution in [0.1, 0.15) is 38.8 Å². The number of aliphatic hydroxyl groups excluding tert-OH is 1. The molecule has 5 nitrogen and oxygen atoms in total. The summed E-state index contributed by atoms with van der Waals surface area (Å²) >= 11 is 0. The molecule has 0 spiro atoms. The molecule has 1 rings (SSSR count). The minimum atomic E-state index is -0.522. The normalized spacial score (nSPS) is 16.1. The van der Waals surface area contributed by atoms with Crippen molar-refractivity contribution in [3.8, 4) is 0 Å². The van der Waals surface area contributed by atoms with Crippen LogP contribution in [-0.2, 0) is 0 Å². The van der Waals surface area contributed by atoms with Crippen LogP contribution >= 0.6 is 0 Å². The minimum absolute atomic E-state index is 0.123. The Morgan fingerprint density at radius 2 is 1.95 bits per heavy atom. The number of hydrogen-bond donors (Lipinski definition) is 4. The monoisotopic (exact) mass is 265 g/mol. The van der Waals surface area contributed by atoms with Crippen LogP contribution in [0, 0.1) is 0 Å². The molecule has 1 aromatic rings. The lowest BCUT2D eigenvalue weighted by molar-refractivity contribution is 0.0883. The third kappa shape index (κ3) is 4.54. The van der Waals surface area contributed by atoms with Gasteiger partial charge >= 0.3 is 0 Å². The average Bonchev–Trinajstić information content (AvgIpc) is 2.38. The summed E-state index contributed by atoms with van der Waals surface area (Å²) in [5.74, 6) is 0.155. The van der Waals surface area contributed by atoms with Crippen LogP contribution in [0.15, 0.2) is 35.5 Å². The molecule has 1 aromatic carbocycles. The van der Waals surface area contributed by atoms with E-state index in [9.17, 15) is 5.11 Å². The molecule has 0 fully saturated rings. The van der Waals surface area contributed by atoms with Gasteiger partial charge in [-0.25, -0.2) is 0 Å². The topological polar surface area (TPSA) is 90.9 Å². The predicted octanol–water partition coefficient (Wildman–Crippen LogP) is 1.61. The largest absolute Gasteiger partial charge is 0.409 e. The first kappa shape index (κ1) is 15.5. The highest BCUT2D eigenvalue weighted by Crippen LogP contribution is 2.22. The Morgan fingerprint density at radius 1 is 1.37 bits per heavy atom. The Kier molecular flexibility index (Phi) is 5.32. The molecule has 0 bridgehead atoms. The van der Waals surface area contributed by atoms with Gasteiger partial charge < -0.3 is 21.4 Å². The zero-order valence-corrected chi connectivity index (χ0v) is 11.7. The van der Waals surface area contributed by atoms with Crippen LogP contribution in [0.4, 0.5) is 0 Å². The number of rotatable bonds is 6. The summed E-state index contributed by atoms with van der Waals surface area (Å²) in [6.07, 6.45) is -0.151. The fourth-order valence-corrected chi connectivity index (χ4v) is 1.76. The Balaban J connectivity index is 2.94. The van der Waals surface area contributed by atoms with Crippen molar-refractivity contribution >= 4 is 5.84 Å². The van der Waals surface area contributed by atoms with E-state index in [1.807, 2.05) is 44.2 Å². The summed E-state index contributed by atoms with van der Waals surface area (Å²) in [5.41, 5.74) is 6.16. The van der Waals surface area contributed by atoms with Crippen LogP contribution in [0.25, 0.3) is 0 Å². The summed E-state index contributed by atoms with van der Waals surface area (Å²) in [7, 11) is 0. The van der Waals surface area contributed by atoms with Gasteiger partial charge in [-0.15, -0.1) is 0 Å². The highest BCUT2D eigenvalue weighted by atomic mass is 16.4. The van der Waals surface area contributed by atoms with Gasteiger partial charge in [0, 0.05) is 18.0 Å². The van der Waals surface area contributed by atoms with E-state index in [-0.39, 0.29) is 11.9 Å². The lowest BCUT2D eigenvalue weighted by atomic mass is 9.94. The maximum atomic E-state index is 9.79. The van der Waals surface area contributed by atoms with Crippen LogP contribution < -0.4 is 11.1 Å². The lowest BCUT2D eigenvalue weighted by Crippen LogP contribution is -2.50. The highest BCUT2D eigenvalue weighted by molar-refractivity contribution is 5.80. The number of hydrogen-bond acceptors (Lipinski definition) is 4. The van der Waals surface area contributed by atoms with E-state index < -0.39 is 11.6 Å². The van der Waals surface area contributed by atoms with Crippen molar-refractivity contribution in [1.29, 1.82) is 0 Å². The average molecular weight is 265 g/mol. The molecule has 0 aromatic heterocycles. The van der Waals surface area contributed by atoms with Crippen molar-refractivity contribution < 1.29 is 10.3 Å². The van der Waals surface area contributed by atoms with E-state index in [0.717, 1.165) is 5.56 Å². The number of amidine groups is 1. The van der Waals surface area contributed by atoms with Gasteiger partial charge in [0.25, 0.3) is 0 Å². The molecule has 0 saturated carbocycles. The van der Waals surface area contributed by atoms with E-state index in [1.165, 1.54) is 0 Å². The number of aliphatic hydroxyl groups is 1. The molecule has 0 aliphatic carbocycles. The Morgan fingerprint density at radius 3 is 2.42 bits per heavy atom. The highest BCUT2D eigenvalue weighted by Gasteiger charge is 2.28. The SMILES string of the molecule is CC(O)C(C)(C)NC(C/C(N)=N/O)c1ccccc1. The Bertz CT molecular complexity index is 416. The standard InChI is InChI=1S/C14H23N3O2/c1-10(18)14(2,3)16-12(9-13(15)17-19)11-7-5-4-6-8-11/h4-8,10,12,16,18-19H,9H2,1-3H3,(H2,15,17). The molecule has 5 heteroatoms. The lowest BCUT2D eigenvalue weighted by Gasteiger charge is -2.34. The molecule has 0 aliphatic rings. The second kappa shape index (κ2) is 6.54. The molecule has 0 aliphatic heterocycles. The number of nitrogens with two attached hydrogens (primary N) is 1. The van der Waals surface area contributed by atoms with Crippen molar-refractivity contribution in [2.45, 2.75) is 44.9 Å². The second-order valence-electron chi connectivity index (χ2n) is 5.30. The van der Waals surface area contributed by atoms with Crippen LogP contribution in [-0.4, -0.2) is 27.8 Å². The van der Waals surface area contributed by atoms with Crippen LogP contribution in [0.5, 0.6) is 0 Å². The first-order chi connectivity index (χ1) is 8.86. The van der Waals surface area contributed by atoms with Gasteiger partial charge in [0.15, 0.2) is 0 Å². The van der Waals surface area contributed by atoms with Gasteiger partial charge in [-0.3, -0.25) is 0 Å². The zero-order chi connectivity index (χ0) is 14.5. The zero-order valence-electron chi connectivity index (χ0n) is 11.7. The van der Waals surface area contributed by atoms with Gasteiger partial charge in [-0.05, 0) is 26.3 Å². The first-order valence-corrected chi connectivity index (χ1v) is 6.34. The summed E-state index contributed by atoms with van der Waals surface area (Å²) in [6.45, 7) is 5.57. The molecule has 0 heterocycles.